The highest BCUT2D eigenvalue weighted by molar-refractivity contribution is 5.93. The maximum Gasteiger partial charge on any atom is 0.404 e. The van der Waals surface area contributed by atoms with E-state index in [2.05, 4.69) is 15.0 Å². The SMILES string of the molecule is COC(=O)c1ccc2nc(CN3CC[C@H](Oc4ccnc(COc5ccc(C#N)cc5F)n4)C[C@@H]3C(F)(F)F)n(C[C@@H]3CCO3)c2c1. The van der Waals surface area contributed by atoms with Crippen LogP contribution in [0.15, 0.2) is 48.7 Å². The number of carbonyl (C=O) groups is 1. The van der Waals surface area contributed by atoms with E-state index in [9.17, 15) is 22.4 Å². The molecule has 2 aromatic carbocycles. The Bertz CT molecular complexity index is 1810. The fraction of sp³-hybridized carbons (Fsp3) is 0.406. The molecule has 2 aliphatic heterocycles. The van der Waals surface area contributed by atoms with Crippen molar-refractivity contribution < 1.29 is 41.3 Å². The van der Waals surface area contributed by atoms with Gasteiger partial charge in [0.1, 0.15) is 24.6 Å². The van der Waals surface area contributed by atoms with Crippen LogP contribution in [0.25, 0.3) is 11.0 Å². The normalized spacial score (nSPS) is 20.0. The number of halogens is 4. The van der Waals surface area contributed by atoms with Gasteiger partial charge in [-0.3, -0.25) is 4.90 Å². The molecule has 11 nitrogen and oxygen atoms in total. The fourth-order valence-corrected chi connectivity index (χ4v) is 5.69. The van der Waals surface area contributed by atoms with Gasteiger partial charge in [0, 0.05) is 31.8 Å². The predicted molar refractivity (Wildman–Crippen MR) is 157 cm³/mol. The zero-order valence-corrected chi connectivity index (χ0v) is 25.2. The molecule has 0 radical (unpaired) electrons. The van der Waals surface area contributed by atoms with E-state index >= 15 is 0 Å². The molecule has 246 valence electrons. The molecular weight excluding hydrogens is 624 g/mol. The summed E-state index contributed by atoms with van der Waals surface area (Å²) in [4.78, 5) is 26.5. The second-order valence-electron chi connectivity index (χ2n) is 11.3. The third kappa shape index (κ3) is 7.28. The number of esters is 1. The van der Waals surface area contributed by atoms with Gasteiger partial charge in [-0.2, -0.15) is 23.4 Å². The molecule has 0 unspecified atom stereocenters. The molecule has 15 heteroatoms. The summed E-state index contributed by atoms with van der Waals surface area (Å²) in [6.07, 6.45) is -3.30. The molecule has 0 bridgehead atoms. The van der Waals surface area contributed by atoms with Crippen molar-refractivity contribution in [3.63, 3.8) is 0 Å². The van der Waals surface area contributed by atoms with Crippen molar-refractivity contribution in [1.29, 1.82) is 5.26 Å². The number of aromatic nitrogens is 4. The molecule has 6 rings (SSSR count). The number of nitriles is 1. The topological polar surface area (TPSA) is 125 Å². The van der Waals surface area contributed by atoms with E-state index in [0.29, 0.717) is 35.6 Å². The minimum atomic E-state index is -4.55. The van der Waals surface area contributed by atoms with E-state index in [1.807, 2.05) is 10.6 Å². The number of hydrogen-bond donors (Lipinski definition) is 0. The third-order valence-electron chi connectivity index (χ3n) is 8.20. The Balaban J connectivity index is 1.16. The zero-order chi connectivity index (χ0) is 33.1. The second kappa shape index (κ2) is 13.5. The van der Waals surface area contributed by atoms with Gasteiger partial charge in [-0.25, -0.2) is 19.2 Å². The molecule has 0 spiro atoms. The Morgan fingerprint density at radius 3 is 2.68 bits per heavy atom. The lowest BCUT2D eigenvalue weighted by atomic mass is 9.98. The minimum Gasteiger partial charge on any atom is -0.483 e. The Labute approximate surface area is 266 Å². The first-order chi connectivity index (χ1) is 22.6. The summed E-state index contributed by atoms with van der Waals surface area (Å²) >= 11 is 0. The summed E-state index contributed by atoms with van der Waals surface area (Å²) in [6.45, 7) is 0.777. The van der Waals surface area contributed by atoms with Gasteiger partial charge in [0.2, 0.25) is 5.88 Å². The van der Waals surface area contributed by atoms with Crippen LogP contribution < -0.4 is 9.47 Å². The molecule has 4 heterocycles. The van der Waals surface area contributed by atoms with E-state index in [0.717, 1.165) is 12.5 Å². The van der Waals surface area contributed by atoms with E-state index in [1.165, 1.54) is 36.4 Å². The number of fused-ring (bicyclic) bond motifs is 1. The average molecular weight is 655 g/mol. The highest BCUT2D eigenvalue weighted by Gasteiger charge is 2.47. The lowest BCUT2D eigenvalue weighted by Crippen LogP contribution is -2.52. The van der Waals surface area contributed by atoms with Crippen LogP contribution in [-0.2, 0) is 29.2 Å². The molecule has 2 fully saturated rings. The number of carbonyl (C=O) groups excluding carboxylic acids is 1. The Morgan fingerprint density at radius 1 is 1.15 bits per heavy atom. The van der Waals surface area contributed by atoms with Gasteiger partial charge in [0.15, 0.2) is 17.4 Å². The fourth-order valence-electron chi connectivity index (χ4n) is 5.69. The molecule has 0 aliphatic carbocycles. The molecule has 2 saturated heterocycles. The molecule has 47 heavy (non-hydrogen) atoms. The van der Waals surface area contributed by atoms with E-state index < -0.39 is 30.1 Å². The highest BCUT2D eigenvalue weighted by atomic mass is 19.4. The molecule has 4 aromatic rings. The van der Waals surface area contributed by atoms with Gasteiger partial charge in [-0.05, 0) is 49.2 Å². The van der Waals surface area contributed by atoms with E-state index in [-0.39, 0.29) is 61.7 Å². The number of nitrogens with zero attached hydrogens (tertiary/aromatic N) is 6. The maximum atomic E-state index is 14.5. The quantitative estimate of drug-likeness (QED) is 0.171. The number of likely N-dealkylation sites (tertiary alicyclic amines) is 1. The number of methoxy groups -OCH3 is 1. The summed E-state index contributed by atoms with van der Waals surface area (Å²) in [7, 11) is 1.28. The number of piperidine rings is 1. The van der Waals surface area contributed by atoms with Crippen LogP contribution >= 0.6 is 0 Å². The van der Waals surface area contributed by atoms with Gasteiger partial charge >= 0.3 is 12.1 Å². The molecule has 0 amide bonds. The van der Waals surface area contributed by atoms with Gasteiger partial charge in [0.25, 0.3) is 0 Å². The van der Waals surface area contributed by atoms with Gasteiger partial charge < -0.3 is 23.5 Å². The molecule has 0 N–H and O–H groups in total. The first-order valence-corrected chi connectivity index (χ1v) is 14.9. The zero-order valence-electron chi connectivity index (χ0n) is 25.2. The maximum absolute atomic E-state index is 14.5. The smallest absolute Gasteiger partial charge is 0.404 e. The van der Waals surface area contributed by atoms with E-state index in [4.69, 9.17) is 24.2 Å². The van der Waals surface area contributed by atoms with Crippen LogP contribution in [-0.4, -0.2) is 75.1 Å². The van der Waals surface area contributed by atoms with Crippen molar-refractivity contribution in [3.8, 4) is 17.7 Å². The number of benzene rings is 2. The van der Waals surface area contributed by atoms with Gasteiger partial charge in [0.05, 0.1) is 54.5 Å². The number of hydrogen-bond acceptors (Lipinski definition) is 10. The molecule has 2 aliphatic rings. The largest absolute Gasteiger partial charge is 0.483 e. The molecule has 2 aromatic heterocycles. The first kappa shape index (κ1) is 32.1. The van der Waals surface area contributed by atoms with Crippen molar-refractivity contribution in [2.24, 2.45) is 0 Å². The van der Waals surface area contributed by atoms with E-state index in [1.54, 1.807) is 18.2 Å². The van der Waals surface area contributed by atoms with Crippen molar-refractivity contribution >= 4 is 17.0 Å². The Kier molecular flexibility index (Phi) is 9.24. The van der Waals surface area contributed by atoms with Crippen LogP contribution in [0.1, 0.15) is 46.8 Å². The Hall–Kier alpha value is -4.81. The summed E-state index contributed by atoms with van der Waals surface area (Å²) < 4.78 is 81.2. The van der Waals surface area contributed by atoms with Gasteiger partial charge in [-0.1, -0.05) is 0 Å². The lowest BCUT2D eigenvalue weighted by molar-refractivity contribution is -0.200. The lowest BCUT2D eigenvalue weighted by Gasteiger charge is -2.40. The van der Waals surface area contributed by atoms with Crippen LogP contribution in [0.4, 0.5) is 17.6 Å². The van der Waals surface area contributed by atoms with Crippen molar-refractivity contribution in [2.75, 3.05) is 20.3 Å². The number of rotatable bonds is 10. The monoisotopic (exact) mass is 654 g/mol. The van der Waals surface area contributed by atoms with Crippen molar-refractivity contribution in [3.05, 3.63) is 77.3 Å². The van der Waals surface area contributed by atoms with Crippen molar-refractivity contribution in [1.82, 2.24) is 24.4 Å². The Morgan fingerprint density at radius 2 is 1.98 bits per heavy atom. The first-order valence-electron chi connectivity index (χ1n) is 14.9. The van der Waals surface area contributed by atoms with Crippen LogP contribution in [0.5, 0.6) is 11.6 Å². The highest BCUT2D eigenvalue weighted by Crippen LogP contribution is 2.35. The predicted octanol–water partition coefficient (Wildman–Crippen LogP) is 4.97. The van der Waals surface area contributed by atoms with Crippen LogP contribution in [0.3, 0.4) is 0 Å². The summed E-state index contributed by atoms with van der Waals surface area (Å²) in [6, 6.07) is 10.1. The third-order valence-corrected chi connectivity index (χ3v) is 8.20. The summed E-state index contributed by atoms with van der Waals surface area (Å²) in [5.74, 6) is -0.701. The standard InChI is InChI=1S/C32H30F4N6O5/c1-44-31(43)20-3-4-24-25(13-20)42(16-22-8-11-45-22)29(39-24)17-41-10-7-21(14-27(41)32(34,35)36)47-30-6-9-38-28(40-30)18-46-26-5-2-19(15-37)12-23(26)33/h2-6,9,12-13,21-22,27H,7-8,10-11,14,16-18H2,1H3/t21-,22-,27+/m0/s1. The van der Waals surface area contributed by atoms with Crippen molar-refractivity contribution in [2.45, 2.75) is 63.4 Å². The number of alkyl halides is 3. The molecule has 0 saturated carbocycles. The number of ether oxygens (including phenoxy) is 4. The molecule has 3 atom stereocenters. The molecular formula is C32H30F4N6O5. The second-order valence-corrected chi connectivity index (χ2v) is 11.3. The minimum absolute atomic E-state index is 0.0713. The number of imidazole rings is 1. The van der Waals surface area contributed by atoms with Gasteiger partial charge in [-0.15, -0.1) is 0 Å². The van der Waals surface area contributed by atoms with Crippen LogP contribution in [0, 0.1) is 17.1 Å². The summed E-state index contributed by atoms with van der Waals surface area (Å²) in [5, 5.41) is 8.90. The summed E-state index contributed by atoms with van der Waals surface area (Å²) in [5.41, 5.74) is 1.62. The van der Waals surface area contributed by atoms with Crippen LogP contribution in [0.2, 0.25) is 0 Å². The average Bonchev–Trinajstić information content (AvgIpc) is 3.37.